The van der Waals surface area contributed by atoms with Crippen molar-refractivity contribution in [1.82, 2.24) is 10.3 Å². The maximum Gasteiger partial charge on any atom is 0.133 e. The standard InChI is InChI=1S/C15H25N3/c1-12-7-9-18(11-12)14-13(6-5-8-16-14)10-17-15(2,3)4/h5-6,8,12,17H,7,9-11H2,1-4H3. The predicted octanol–water partition coefficient (Wildman–Crippen LogP) is 2.82. The molecule has 2 rings (SSSR count). The number of pyridine rings is 1. The highest BCUT2D eigenvalue weighted by Gasteiger charge is 2.22. The van der Waals surface area contributed by atoms with E-state index in [-0.39, 0.29) is 5.54 Å². The first-order valence-corrected chi connectivity index (χ1v) is 6.89. The molecule has 0 aliphatic carbocycles. The van der Waals surface area contributed by atoms with Gasteiger partial charge in [-0.3, -0.25) is 0 Å². The minimum absolute atomic E-state index is 0.144. The Morgan fingerprint density at radius 1 is 1.44 bits per heavy atom. The number of nitrogens with one attached hydrogen (secondary N) is 1. The van der Waals surface area contributed by atoms with E-state index in [4.69, 9.17) is 0 Å². The lowest BCUT2D eigenvalue weighted by Gasteiger charge is -2.24. The molecule has 1 aromatic rings. The molecule has 1 aromatic heterocycles. The van der Waals surface area contributed by atoms with Gasteiger partial charge in [-0.1, -0.05) is 13.0 Å². The van der Waals surface area contributed by atoms with Gasteiger partial charge < -0.3 is 10.2 Å². The van der Waals surface area contributed by atoms with Crippen LogP contribution in [0.25, 0.3) is 0 Å². The minimum atomic E-state index is 0.144. The van der Waals surface area contributed by atoms with Crippen molar-refractivity contribution < 1.29 is 0 Å². The lowest BCUT2D eigenvalue weighted by atomic mass is 10.1. The zero-order valence-corrected chi connectivity index (χ0v) is 12.0. The molecule has 1 atom stereocenters. The summed E-state index contributed by atoms with van der Waals surface area (Å²) in [4.78, 5) is 7.00. The van der Waals surface area contributed by atoms with Crippen molar-refractivity contribution in [3.05, 3.63) is 23.9 Å². The number of hydrogen-bond acceptors (Lipinski definition) is 3. The van der Waals surface area contributed by atoms with Gasteiger partial charge in [-0.05, 0) is 39.2 Å². The van der Waals surface area contributed by atoms with Crippen LogP contribution in [0.2, 0.25) is 0 Å². The lowest BCUT2D eigenvalue weighted by Crippen LogP contribution is -2.35. The van der Waals surface area contributed by atoms with E-state index in [0.29, 0.717) is 0 Å². The summed E-state index contributed by atoms with van der Waals surface area (Å²) < 4.78 is 0. The topological polar surface area (TPSA) is 28.2 Å². The van der Waals surface area contributed by atoms with Crippen LogP contribution in [-0.2, 0) is 6.54 Å². The van der Waals surface area contributed by atoms with Crippen LogP contribution in [0, 0.1) is 5.92 Å². The van der Waals surface area contributed by atoms with Crippen molar-refractivity contribution in [3.8, 4) is 0 Å². The fourth-order valence-corrected chi connectivity index (χ4v) is 2.34. The first kappa shape index (κ1) is 13.3. The number of hydrogen-bond donors (Lipinski definition) is 1. The number of anilines is 1. The summed E-state index contributed by atoms with van der Waals surface area (Å²) in [5.41, 5.74) is 1.45. The number of aromatic nitrogens is 1. The molecule has 3 nitrogen and oxygen atoms in total. The molecule has 0 saturated carbocycles. The highest BCUT2D eigenvalue weighted by molar-refractivity contribution is 5.47. The molecule has 0 spiro atoms. The van der Waals surface area contributed by atoms with E-state index in [1.165, 1.54) is 17.8 Å². The molecule has 1 aliphatic rings. The predicted molar refractivity (Wildman–Crippen MR) is 76.8 cm³/mol. The first-order valence-electron chi connectivity index (χ1n) is 6.89. The summed E-state index contributed by atoms with van der Waals surface area (Å²) in [6, 6.07) is 4.22. The van der Waals surface area contributed by atoms with Crippen molar-refractivity contribution in [2.75, 3.05) is 18.0 Å². The fourth-order valence-electron chi connectivity index (χ4n) is 2.34. The third-order valence-electron chi connectivity index (χ3n) is 3.40. The highest BCUT2D eigenvalue weighted by Crippen LogP contribution is 2.24. The Bertz CT molecular complexity index is 395. The van der Waals surface area contributed by atoms with Gasteiger partial charge >= 0.3 is 0 Å². The smallest absolute Gasteiger partial charge is 0.133 e. The summed E-state index contributed by atoms with van der Waals surface area (Å²) in [6.07, 6.45) is 3.18. The molecule has 1 saturated heterocycles. The molecule has 0 amide bonds. The average molecular weight is 247 g/mol. The average Bonchev–Trinajstić information content (AvgIpc) is 2.72. The van der Waals surface area contributed by atoms with Gasteiger partial charge in [0.2, 0.25) is 0 Å². The Morgan fingerprint density at radius 2 is 2.22 bits per heavy atom. The van der Waals surface area contributed by atoms with Gasteiger partial charge in [0.15, 0.2) is 0 Å². The van der Waals surface area contributed by atoms with Gasteiger partial charge in [0, 0.05) is 36.9 Å². The SMILES string of the molecule is CC1CCN(c2ncccc2CNC(C)(C)C)C1. The van der Waals surface area contributed by atoms with Crippen LogP contribution in [0.4, 0.5) is 5.82 Å². The molecule has 2 heterocycles. The summed E-state index contributed by atoms with van der Waals surface area (Å²) in [5, 5.41) is 3.55. The van der Waals surface area contributed by atoms with E-state index < -0.39 is 0 Å². The molecule has 0 bridgehead atoms. The second kappa shape index (κ2) is 5.27. The first-order chi connectivity index (χ1) is 8.46. The number of rotatable bonds is 3. The van der Waals surface area contributed by atoms with E-state index in [2.05, 4.69) is 49.0 Å². The quantitative estimate of drug-likeness (QED) is 0.890. The van der Waals surface area contributed by atoms with Gasteiger partial charge in [-0.25, -0.2) is 4.98 Å². The molecule has 1 fully saturated rings. The molecule has 3 heteroatoms. The van der Waals surface area contributed by atoms with E-state index >= 15 is 0 Å². The zero-order chi connectivity index (χ0) is 13.2. The van der Waals surface area contributed by atoms with E-state index in [0.717, 1.165) is 25.6 Å². The van der Waals surface area contributed by atoms with Crippen LogP contribution in [-0.4, -0.2) is 23.6 Å². The maximum absolute atomic E-state index is 4.58. The molecule has 1 unspecified atom stereocenters. The van der Waals surface area contributed by atoms with Crippen molar-refractivity contribution >= 4 is 5.82 Å². The van der Waals surface area contributed by atoms with Gasteiger partial charge in [-0.15, -0.1) is 0 Å². The van der Waals surface area contributed by atoms with Crippen molar-refractivity contribution in [1.29, 1.82) is 0 Å². The Hall–Kier alpha value is -1.09. The monoisotopic (exact) mass is 247 g/mol. The van der Waals surface area contributed by atoms with Gasteiger partial charge in [0.25, 0.3) is 0 Å². The fraction of sp³-hybridized carbons (Fsp3) is 0.667. The van der Waals surface area contributed by atoms with Gasteiger partial charge in [0.05, 0.1) is 0 Å². The van der Waals surface area contributed by atoms with Crippen LogP contribution in [0.3, 0.4) is 0 Å². The van der Waals surface area contributed by atoms with E-state index in [1.54, 1.807) is 0 Å². The summed E-state index contributed by atoms with van der Waals surface area (Å²) in [7, 11) is 0. The second-order valence-electron chi connectivity index (χ2n) is 6.43. The maximum atomic E-state index is 4.58. The molecule has 1 aliphatic heterocycles. The summed E-state index contributed by atoms with van der Waals surface area (Å²) in [6.45, 7) is 12.1. The Balaban J connectivity index is 2.10. The van der Waals surface area contributed by atoms with Gasteiger partial charge in [-0.2, -0.15) is 0 Å². The molecule has 0 aromatic carbocycles. The largest absolute Gasteiger partial charge is 0.356 e. The Morgan fingerprint density at radius 3 is 2.83 bits per heavy atom. The minimum Gasteiger partial charge on any atom is -0.356 e. The molecular weight excluding hydrogens is 222 g/mol. The summed E-state index contributed by atoms with van der Waals surface area (Å²) in [5.74, 6) is 1.95. The van der Waals surface area contributed by atoms with Gasteiger partial charge in [0.1, 0.15) is 5.82 Å². The van der Waals surface area contributed by atoms with Crippen LogP contribution >= 0.6 is 0 Å². The lowest BCUT2D eigenvalue weighted by molar-refractivity contribution is 0.424. The molecule has 0 radical (unpaired) electrons. The molecule has 100 valence electrons. The van der Waals surface area contributed by atoms with Crippen LogP contribution in [0.15, 0.2) is 18.3 Å². The Kier molecular flexibility index (Phi) is 3.91. The molecule has 1 N–H and O–H groups in total. The second-order valence-corrected chi connectivity index (χ2v) is 6.43. The summed E-state index contributed by atoms with van der Waals surface area (Å²) >= 11 is 0. The normalized spacial score (nSPS) is 20.4. The van der Waals surface area contributed by atoms with Crippen molar-refractivity contribution in [2.45, 2.75) is 46.2 Å². The van der Waals surface area contributed by atoms with Crippen LogP contribution in [0.1, 0.15) is 39.7 Å². The number of nitrogens with zero attached hydrogens (tertiary/aromatic N) is 2. The zero-order valence-electron chi connectivity index (χ0n) is 12.0. The molecular formula is C15H25N3. The Labute approximate surface area is 111 Å². The van der Waals surface area contributed by atoms with E-state index in [9.17, 15) is 0 Å². The van der Waals surface area contributed by atoms with Crippen molar-refractivity contribution in [2.24, 2.45) is 5.92 Å². The van der Waals surface area contributed by atoms with Crippen molar-refractivity contribution in [3.63, 3.8) is 0 Å². The van der Waals surface area contributed by atoms with E-state index in [1.807, 2.05) is 12.3 Å². The highest BCUT2D eigenvalue weighted by atomic mass is 15.2. The van der Waals surface area contributed by atoms with Crippen LogP contribution in [0.5, 0.6) is 0 Å². The third-order valence-corrected chi connectivity index (χ3v) is 3.40. The third kappa shape index (κ3) is 3.45. The van der Waals surface area contributed by atoms with Crippen LogP contribution < -0.4 is 10.2 Å². The molecule has 18 heavy (non-hydrogen) atoms.